The molecule has 0 aliphatic heterocycles. The molecule has 1 nitrogen and oxygen atoms in total. The summed E-state index contributed by atoms with van der Waals surface area (Å²) in [5.41, 5.74) is 0.557. The summed E-state index contributed by atoms with van der Waals surface area (Å²) in [5.74, 6) is -11.6. The highest BCUT2D eigenvalue weighted by atomic mass is 19.4. The molecule has 0 saturated heterocycles. The van der Waals surface area contributed by atoms with Gasteiger partial charge in [0.05, 0.1) is 6.10 Å². The van der Waals surface area contributed by atoms with Crippen molar-refractivity contribution in [1.29, 1.82) is 0 Å². The molecular formula is C12H11F7O. The zero-order chi connectivity index (χ0) is 15.8. The normalized spacial score (nSPS) is 15.2. The maximum absolute atomic E-state index is 13.1. The van der Waals surface area contributed by atoms with E-state index in [-0.39, 0.29) is 5.56 Å². The topological polar surface area (TPSA) is 20.2 Å². The molecule has 0 spiro atoms. The van der Waals surface area contributed by atoms with E-state index in [1.807, 2.05) is 0 Å². The average Bonchev–Trinajstić information content (AvgIpc) is 2.27. The van der Waals surface area contributed by atoms with E-state index < -0.39 is 30.5 Å². The summed E-state index contributed by atoms with van der Waals surface area (Å²) in [6.45, 7) is 1.66. The van der Waals surface area contributed by atoms with E-state index in [9.17, 15) is 35.8 Å². The van der Waals surface area contributed by atoms with Crippen molar-refractivity contribution in [3.8, 4) is 0 Å². The van der Waals surface area contributed by atoms with Crippen LogP contribution in [0, 0.1) is 6.92 Å². The maximum Gasteiger partial charge on any atom is 0.459 e. The molecule has 20 heavy (non-hydrogen) atoms. The van der Waals surface area contributed by atoms with Crippen LogP contribution >= 0.6 is 0 Å². The Kier molecular flexibility index (Phi) is 4.38. The second kappa shape index (κ2) is 5.23. The Morgan fingerprint density at radius 2 is 1.40 bits per heavy atom. The molecule has 0 bridgehead atoms. The maximum atomic E-state index is 13.1. The van der Waals surface area contributed by atoms with Crippen LogP contribution in [0.25, 0.3) is 0 Å². The number of aryl methyl sites for hydroxylation is 1. The number of aliphatic hydroxyl groups excluding tert-OH is 1. The van der Waals surface area contributed by atoms with Crippen molar-refractivity contribution in [2.75, 3.05) is 0 Å². The van der Waals surface area contributed by atoms with E-state index in [4.69, 9.17) is 0 Å². The van der Waals surface area contributed by atoms with Crippen LogP contribution in [-0.4, -0.2) is 23.1 Å². The lowest BCUT2D eigenvalue weighted by atomic mass is 9.98. The van der Waals surface area contributed by atoms with Gasteiger partial charge in [-0.05, 0) is 12.5 Å². The summed E-state index contributed by atoms with van der Waals surface area (Å²) < 4.78 is 87.3. The van der Waals surface area contributed by atoms with Gasteiger partial charge in [0.25, 0.3) is 0 Å². The van der Waals surface area contributed by atoms with E-state index in [1.54, 1.807) is 6.92 Å². The average molecular weight is 304 g/mol. The van der Waals surface area contributed by atoms with Gasteiger partial charge >= 0.3 is 18.0 Å². The summed E-state index contributed by atoms with van der Waals surface area (Å²) >= 11 is 0. The zero-order valence-corrected chi connectivity index (χ0v) is 10.2. The molecule has 0 aromatic heterocycles. The van der Waals surface area contributed by atoms with Gasteiger partial charge in [-0.2, -0.15) is 30.7 Å². The molecule has 0 heterocycles. The largest absolute Gasteiger partial charge is 0.459 e. The molecule has 1 aromatic carbocycles. The quantitative estimate of drug-likeness (QED) is 0.824. The molecule has 8 heteroatoms. The van der Waals surface area contributed by atoms with E-state index in [0.717, 1.165) is 0 Å². The number of aliphatic hydroxyl groups is 1. The van der Waals surface area contributed by atoms with Crippen LogP contribution in [0.5, 0.6) is 0 Å². The highest BCUT2D eigenvalue weighted by Crippen LogP contribution is 2.49. The van der Waals surface area contributed by atoms with Crippen LogP contribution < -0.4 is 0 Å². The fourth-order valence-corrected chi connectivity index (χ4v) is 1.48. The molecule has 0 aliphatic rings. The standard InChI is InChI=1S/C12H11F7O/c1-7-2-4-8(5-3-7)9(20)6-10(13,14)11(15,16)12(17,18)19/h2-5,9,20H,6H2,1H3. The SMILES string of the molecule is Cc1ccc(C(O)CC(F)(F)C(F)(F)C(F)(F)F)cc1. The Morgan fingerprint density at radius 1 is 0.950 bits per heavy atom. The van der Waals surface area contributed by atoms with Crippen LogP contribution in [0.2, 0.25) is 0 Å². The monoisotopic (exact) mass is 304 g/mol. The summed E-state index contributed by atoms with van der Waals surface area (Å²) in [7, 11) is 0. The highest BCUT2D eigenvalue weighted by Gasteiger charge is 2.72. The highest BCUT2D eigenvalue weighted by molar-refractivity contribution is 5.23. The van der Waals surface area contributed by atoms with Crippen LogP contribution in [0.1, 0.15) is 23.7 Å². The molecular weight excluding hydrogens is 293 g/mol. The Balaban J connectivity index is 2.93. The molecule has 0 saturated carbocycles. The molecule has 1 atom stereocenters. The van der Waals surface area contributed by atoms with Crippen molar-refractivity contribution in [2.45, 2.75) is 37.5 Å². The van der Waals surface area contributed by atoms with E-state index >= 15 is 0 Å². The van der Waals surface area contributed by atoms with Crippen LogP contribution in [0.3, 0.4) is 0 Å². The van der Waals surface area contributed by atoms with E-state index in [0.29, 0.717) is 5.56 Å². The lowest BCUT2D eigenvalue weighted by Gasteiger charge is -2.29. The molecule has 1 N–H and O–H groups in total. The number of rotatable bonds is 4. The summed E-state index contributed by atoms with van der Waals surface area (Å²) in [6.07, 6.45) is -10.5. The Labute approximate surface area is 110 Å². The van der Waals surface area contributed by atoms with Gasteiger partial charge in [0, 0.05) is 6.42 Å². The second-order valence-corrected chi connectivity index (χ2v) is 4.41. The lowest BCUT2D eigenvalue weighted by Crippen LogP contribution is -2.52. The van der Waals surface area contributed by atoms with Crippen LogP contribution in [0.15, 0.2) is 24.3 Å². The zero-order valence-electron chi connectivity index (χ0n) is 10.2. The first-order valence-corrected chi connectivity index (χ1v) is 5.45. The minimum atomic E-state index is -6.39. The minimum Gasteiger partial charge on any atom is -0.388 e. The van der Waals surface area contributed by atoms with Gasteiger partial charge in [0.1, 0.15) is 0 Å². The molecule has 1 unspecified atom stereocenters. The molecule has 114 valence electrons. The van der Waals surface area contributed by atoms with Gasteiger partial charge in [-0.3, -0.25) is 0 Å². The molecule has 1 rings (SSSR count). The van der Waals surface area contributed by atoms with Gasteiger partial charge in [-0.1, -0.05) is 29.8 Å². The minimum absolute atomic E-state index is 0.159. The van der Waals surface area contributed by atoms with Gasteiger partial charge < -0.3 is 5.11 Å². The number of benzene rings is 1. The molecule has 0 radical (unpaired) electrons. The van der Waals surface area contributed by atoms with Crippen molar-refractivity contribution in [2.24, 2.45) is 0 Å². The lowest BCUT2D eigenvalue weighted by molar-refractivity contribution is -0.358. The fourth-order valence-electron chi connectivity index (χ4n) is 1.48. The Morgan fingerprint density at radius 3 is 1.80 bits per heavy atom. The summed E-state index contributed by atoms with van der Waals surface area (Å²) in [4.78, 5) is 0. The molecule has 0 aliphatic carbocycles. The number of halogens is 7. The van der Waals surface area contributed by atoms with Crippen molar-refractivity contribution < 1.29 is 35.8 Å². The number of hydrogen-bond donors (Lipinski definition) is 1. The summed E-state index contributed by atoms with van der Waals surface area (Å²) in [6, 6.07) is 5.20. The predicted octanol–water partition coefficient (Wildman–Crippen LogP) is 4.25. The first-order valence-electron chi connectivity index (χ1n) is 5.45. The van der Waals surface area contributed by atoms with Gasteiger partial charge in [0.2, 0.25) is 0 Å². The second-order valence-electron chi connectivity index (χ2n) is 4.41. The molecule has 1 aromatic rings. The summed E-state index contributed by atoms with van der Waals surface area (Å²) in [5, 5.41) is 9.40. The first kappa shape index (κ1) is 16.7. The third kappa shape index (κ3) is 3.23. The Bertz CT molecular complexity index is 450. The fraction of sp³-hybridized carbons (Fsp3) is 0.500. The van der Waals surface area contributed by atoms with Crippen molar-refractivity contribution in [1.82, 2.24) is 0 Å². The smallest absolute Gasteiger partial charge is 0.388 e. The van der Waals surface area contributed by atoms with E-state index in [1.165, 1.54) is 24.3 Å². The van der Waals surface area contributed by atoms with Crippen LogP contribution in [0.4, 0.5) is 30.7 Å². The third-order valence-electron chi connectivity index (χ3n) is 2.73. The third-order valence-corrected chi connectivity index (χ3v) is 2.73. The van der Waals surface area contributed by atoms with Crippen molar-refractivity contribution in [3.05, 3.63) is 35.4 Å². The Hall–Kier alpha value is -1.31. The van der Waals surface area contributed by atoms with Crippen molar-refractivity contribution >= 4 is 0 Å². The molecule has 0 fully saturated rings. The predicted molar refractivity (Wildman–Crippen MR) is 56.7 cm³/mol. The van der Waals surface area contributed by atoms with Gasteiger partial charge in [-0.25, -0.2) is 0 Å². The number of alkyl halides is 7. The van der Waals surface area contributed by atoms with Gasteiger partial charge in [-0.15, -0.1) is 0 Å². The van der Waals surface area contributed by atoms with Gasteiger partial charge in [0.15, 0.2) is 0 Å². The first-order chi connectivity index (χ1) is 8.88. The van der Waals surface area contributed by atoms with Crippen molar-refractivity contribution in [3.63, 3.8) is 0 Å². The van der Waals surface area contributed by atoms with Crippen LogP contribution in [-0.2, 0) is 0 Å². The molecule has 0 amide bonds. The van der Waals surface area contributed by atoms with E-state index in [2.05, 4.69) is 0 Å². The number of hydrogen-bond acceptors (Lipinski definition) is 1.